The first kappa shape index (κ1) is 19.9. The van der Waals surface area contributed by atoms with E-state index < -0.39 is 0 Å². The summed E-state index contributed by atoms with van der Waals surface area (Å²) in [4.78, 5) is 13.1. The van der Waals surface area contributed by atoms with E-state index in [4.69, 9.17) is 0 Å². The van der Waals surface area contributed by atoms with Crippen molar-refractivity contribution in [3.05, 3.63) is 106 Å². The molecule has 1 atom stereocenters. The van der Waals surface area contributed by atoms with Crippen LogP contribution in [0.1, 0.15) is 57.6 Å². The number of aryl methyl sites for hydroxylation is 4. The maximum Gasteiger partial charge on any atom is 0.252 e. The Kier molecular flexibility index (Phi) is 6.65. The molecule has 0 aliphatic carbocycles. The molecule has 0 unspecified atom stereocenters. The first-order chi connectivity index (χ1) is 13.6. The van der Waals surface area contributed by atoms with Gasteiger partial charge in [-0.25, -0.2) is 0 Å². The van der Waals surface area contributed by atoms with Crippen molar-refractivity contribution in [3.8, 4) is 0 Å². The van der Waals surface area contributed by atoms with Gasteiger partial charge in [-0.05, 0) is 61.4 Å². The smallest absolute Gasteiger partial charge is 0.252 e. The van der Waals surface area contributed by atoms with Gasteiger partial charge in [0.25, 0.3) is 5.91 Å². The summed E-state index contributed by atoms with van der Waals surface area (Å²) >= 11 is 0. The van der Waals surface area contributed by atoms with Crippen LogP contribution in [0.3, 0.4) is 0 Å². The molecule has 2 nitrogen and oxygen atoms in total. The number of nitrogens with one attached hydrogen (secondary N) is 1. The highest BCUT2D eigenvalue weighted by Crippen LogP contribution is 2.23. The predicted molar refractivity (Wildman–Crippen MR) is 117 cm³/mol. The average molecular weight is 372 g/mol. The Hall–Kier alpha value is -2.87. The van der Waals surface area contributed by atoms with Crippen LogP contribution in [0.2, 0.25) is 0 Å². The van der Waals surface area contributed by atoms with E-state index in [0.29, 0.717) is 0 Å². The highest BCUT2D eigenvalue weighted by Gasteiger charge is 2.18. The number of rotatable bonds is 7. The summed E-state index contributed by atoms with van der Waals surface area (Å²) in [5.41, 5.74) is 6.84. The summed E-state index contributed by atoms with van der Waals surface area (Å²) in [5.74, 6) is 0.00971. The second-order valence-electron chi connectivity index (χ2n) is 7.44. The third kappa shape index (κ3) is 4.89. The van der Waals surface area contributed by atoms with Gasteiger partial charge in [0, 0.05) is 5.56 Å². The number of carbonyl (C=O) groups is 1. The van der Waals surface area contributed by atoms with E-state index in [9.17, 15) is 4.79 Å². The van der Waals surface area contributed by atoms with Crippen molar-refractivity contribution in [2.45, 2.75) is 46.1 Å². The molecule has 28 heavy (non-hydrogen) atoms. The van der Waals surface area contributed by atoms with Gasteiger partial charge in [-0.1, -0.05) is 79.2 Å². The predicted octanol–water partition coefficient (Wildman–Crippen LogP) is 5.97. The van der Waals surface area contributed by atoms with Gasteiger partial charge in [-0.3, -0.25) is 4.79 Å². The zero-order valence-corrected chi connectivity index (χ0v) is 17.0. The maximum absolute atomic E-state index is 13.1. The number of hydrogen-bond donors (Lipinski definition) is 1. The van der Waals surface area contributed by atoms with Crippen LogP contribution >= 0.6 is 0 Å². The highest BCUT2D eigenvalue weighted by molar-refractivity contribution is 5.96. The Morgan fingerprint density at radius 3 is 2.32 bits per heavy atom. The van der Waals surface area contributed by atoms with Gasteiger partial charge in [0.2, 0.25) is 0 Å². The summed E-state index contributed by atoms with van der Waals surface area (Å²) in [5, 5.41) is 3.26. The molecule has 2 heteroatoms. The maximum atomic E-state index is 13.1. The molecule has 1 amide bonds. The van der Waals surface area contributed by atoms with Gasteiger partial charge < -0.3 is 5.32 Å². The summed E-state index contributed by atoms with van der Waals surface area (Å²) in [6, 6.07) is 24.8. The second kappa shape index (κ2) is 9.36. The van der Waals surface area contributed by atoms with Gasteiger partial charge >= 0.3 is 0 Å². The fourth-order valence-electron chi connectivity index (χ4n) is 3.74. The lowest BCUT2D eigenvalue weighted by Gasteiger charge is -2.21. The molecule has 0 aliphatic heterocycles. The van der Waals surface area contributed by atoms with E-state index in [1.54, 1.807) is 0 Å². The molecule has 1 N–H and O–H groups in total. The molecule has 0 aliphatic rings. The van der Waals surface area contributed by atoms with E-state index in [0.717, 1.165) is 30.4 Å². The number of benzene rings is 3. The van der Waals surface area contributed by atoms with Gasteiger partial charge in [0.15, 0.2) is 0 Å². The van der Waals surface area contributed by atoms with Crippen molar-refractivity contribution in [1.29, 1.82) is 0 Å². The van der Waals surface area contributed by atoms with Crippen molar-refractivity contribution < 1.29 is 4.79 Å². The summed E-state index contributed by atoms with van der Waals surface area (Å²) < 4.78 is 0. The summed E-state index contributed by atoms with van der Waals surface area (Å²) in [7, 11) is 0. The number of carbonyl (C=O) groups excluding carboxylic acids is 1. The summed E-state index contributed by atoms with van der Waals surface area (Å²) in [6.45, 7) is 6.33. The average Bonchev–Trinajstić information content (AvgIpc) is 2.72. The lowest BCUT2D eigenvalue weighted by molar-refractivity contribution is 0.0934. The van der Waals surface area contributed by atoms with E-state index in [2.05, 4.69) is 74.6 Å². The monoisotopic (exact) mass is 371 g/mol. The Morgan fingerprint density at radius 2 is 1.61 bits per heavy atom. The van der Waals surface area contributed by atoms with Crippen LogP contribution in [0.5, 0.6) is 0 Å². The quantitative estimate of drug-likeness (QED) is 0.545. The fourth-order valence-corrected chi connectivity index (χ4v) is 3.74. The van der Waals surface area contributed by atoms with Crippen molar-refractivity contribution in [2.75, 3.05) is 0 Å². The normalized spacial score (nSPS) is 11.8. The van der Waals surface area contributed by atoms with Crippen molar-refractivity contribution in [2.24, 2.45) is 0 Å². The molecule has 0 bridgehead atoms. The Bertz CT molecular complexity index is 930. The molecular formula is C26H29NO. The highest BCUT2D eigenvalue weighted by atomic mass is 16.1. The Labute approximate surface area is 168 Å². The van der Waals surface area contributed by atoms with Gasteiger partial charge in [-0.15, -0.1) is 0 Å². The minimum absolute atomic E-state index is 0.00971. The zero-order chi connectivity index (χ0) is 19.9. The van der Waals surface area contributed by atoms with Crippen LogP contribution in [-0.2, 0) is 12.8 Å². The number of amides is 1. The molecule has 0 radical (unpaired) electrons. The summed E-state index contributed by atoms with van der Waals surface area (Å²) in [6.07, 6.45) is 2.65. The van der Waals surface area contributed by atoms with E-state index in [1.807, 2.05) is 24.3 Å². The van der Waals surface area contributed by atoms with Crippen LogP contribution in [0.25, 0.3) is 0 Å². The molecule has 0 spiro atoms. The van der Waals surface area contributed by atoms with Crippen molar-refractivity contribution in [3.63, 3.8) is 0 Å². The minimum Gasteiger partial charge on any atom is -0.345 e. The van der Waals surface area contributed by atoms with Gasteiger partial charge in [-0.2, -0.15) is 0 Å². The lowest BCUT2D eigenvalue weighted by Crippen LogP contribution is -2.29. The molecule has 0 fully saturated rings. The molecule has 3 aromatic rings. The number of hydrogen-bond acceptors (Lipinski definition) is 1. The Morgan fingerprint density at radius 1 is 0.893 bits per heavy atom. The SMILES string of the molecule is CC[C@H](NC(=O)c1ccccc1CCc1ccccc1)c1ccc(C)cc1C. The standard InChI is InChI=1S/C26H29NO/c1-4-25(23-17-14-19(2)18-20(23)3)27-26(28)24-13-9-8-12-22(24)16-15-21-10-6-5-7-11-21/h5-14,17-18,25H,4,15-16H2,1-3H3,(H,27,28)/t25-/m0/s1. The van der Waals surface area contributed by atoms with E-state index in [-0.39, 0.29) is 11.9 Å². The topological polar surface area (TPSA) is 29.1 Å². The largest absolute Gasteiger partial charge is 0.345 e. The van der Waals surface area contributed by atoms with Gasteiger partial charge in [0.1, 0.15) is 0 Å². The van der Waals surface area contributed by atoms with E-state index >= 15 is 0 Å². The van der Waals surface area contributed by atoms with Crippen LogP contribution in [-0.4, -0.2) is 5.91 Å². The molecule has 0 aromatic heterocycles. The molecular weight excluding hydrogens is 342 g/mol. The van der Waals surface area contributed by atoms with Crippen LogP contribution in [0.4, 0.5) is 0 Å². The minimum atomic E-state index is 0.00971. The van der Waals surface area contributed by atoms with Crippen LogP contribution in [0, 0.1) is 13.8 Å². The first-order valence-corrected chi connectivity index (χ1v) is 10.1. The molecule has 0 heterocycles. The molecule has 144 valence electrons. The molecule has 0 saturated carbocycles. The third-order valence-electron chi connectivity index (χ3n) is 5.30. The first-order valence-electron chi connectivity index (χ1n) is 10.1. The molecule has 3 rings (SSSR count). The van der Waals surface area contributed by atoms with Crippen molar-refractivity contribution in [1.82, 2.24) is 5.32 Å². The van der Waals surface area contributed by atoms with Crippen LogP contribution in [0.15, 0.2) is 72.8 Å². The molecule has 0 saturated heterocycles. The Balaban J connectivity index is 1.76. The van der Waals surface area contributed by atoms with E-state index in [1.165, 1.54) is 22.3 Å². The molecule has 3 aromatic carbocycles. The zero-order valence-electron chi connectivity index (χ0n) is 17.0. The lowest BCUT2D eigenvalue weighted by atomic mass is 9.96. The van der Waals surface area contributed by atoms with Crippen molar-refractivity contribution >= 4 is 5.91 Å². The van der Waals surface area contributed by atoms with Gasteiger partial charge in [0.05, 0.1) is 6.04 Å². The fraction of sp³-hybridized carbons (Fsp3) is 0.269. The van der Waals surface area contributed by atoms with Crippen LogP contribution < -0.4 is 5.32 Å². The second-order valence-corrected chi connectivity index (χ2v) is 7.44. The third-order valence-corrected chi connectivity index (χ3v) is 5.30.